The van der Waals surface area contributed by atoms with Crippen LogP contribution in [0.1, 0.15) is 12.5 Å². The Balaban J connectivity index is 1.58. The largest absolute Gasteiger partial charge is 0.454 e. The first-order valence-corrected chi connectivity index (χ1v) is 8.35. The Hall–Kier alpha value is -3.06. The smallest absolute Gasteiger partial charge is 0.331 e. The van der Waals surface area contributed by atoms with Crippen LogP contribution in [-0.2, 0) is 14.3 Å². The van der Waals surface area contributed by atoms with E-state index in [1.165, 1.54) is 31.2 Å². The van der Waals surface area contributed by atoms with Gasteiger partial charge in [0.2, 0.25) is 6.79 Å². The van der Waals surface area contributed by atoms with Gasteiger partial charge in [0.25, 0.3) is 5.91 Å². The number of benzene rings is 2. The molecule has 140 valence electrons. The number of carbonyl (C=O) groups excluding carboxylic acids is 2. The molecule has 0 bridgehead atoms. The van der Waals surface area contributed by atoms with Gasteiger partial charge in [0.1, 0.15) is 5.82 Å². The highest BCUT2D eigenvalue weighted by Crippen LogP contribution is 2.40. The highest BCUT2D eigenvalue weighted by atomic mass is 35.5. The van der Waals surface area contributed by atoms with E-state index in [9.17, 15) is 14.0 Å². The van der Waals surface area contributed by atoms with Gasteiger partial charge in [-0.3, -0.25) is 4.79 Å². The third-order valence-electron chi connectivity index (χ3n) is 3.66. The first-order chi connectivity index (χ1) is 12.9. The summed E-state index contributed by atoms with van der Waals surface area (Å²) in [6.07, 6.45) is 1.51. The van der Waals surface area contributed by atoms with Crippen LogP contribution in [0.5, 0.6) is 11.5 Å². The van der Waals surface area contributed by atoms with E-state index in [1.54, 1.807) is 18.2 Å². The third kappa shape index (κ3) is 4.57. The second-order valence-corrected chi connectivity index (χ2v) is 6.03. The van der Waals surface area contributed by atoms with Crippen LogP contribution in [-0.4, -0.2) is 24.8 Å². The van der Waals surface area contributed by atoms with Gasteiger partial charge in [-0.25, -0.2) is 9.18 Å². The molecule has 0 aromatic heterocycles. The highest BCUT2D eigenvalue weighted by molar-refractivity contribution is 6.32. The van der Waals surface area contributed by atoms with Crippen LogP contribution in [0.2, 0.25) is 5.02 Å². The Labute approximate surface area is 159 Å². The minimum absolute atomic E-state index is 0.0101. The van der Waals surface area contributed by atoms with Crippen molar-refractivity contribution in [1.82, 2.24) is 0 Å². The molecule has 1 heterocycles. The SMILES string of the molecule is C[C@H](OC(=O)/C=C/c1cc(Cl)c2c(c1)OCO2)C(=O)Nc1ccccc1F. The average molecular weight is 392 g/mol. The highest BCUT2D eigenvalue weighted by Gasteiger charge is 2.19. The fourth-order valence-corrected chi connectivity index (χ4v) is 2.59. The lowest BCUT2D eigenvalue weighted by molar-refractivity contribution is -0.148. The minimum atomic E-state index is -1.11. The van der Waals surface area contributed by atoms with Crippen LogP contribution in [0.3, 0.4) is 0 Å². The standard InChI is InChI=1S/C19H15ClFNO5/c1-11(19(24)22-15-5-3-2-4-14(15)21)27-17(23)7-6-12-8-13(20)18-16(9-12)25-10-26-18/h2-9,11H,10H2,1H3,(H,22,24)/b7-6+/t11-/m0/s1. The summed E-state index contributed by atoms with van der Waals surface area (Å²) in [7, 11) is 0. The van der Waals surface area contributed by atoms with E-state index >= 15 is 0 Å². The summed E-state index contributed by atoms with van der Waals surface area (Å²) in [5.41, 5.74) is 0.612. The molecule has 3 rings (SSSR count). The molecule has 1 amide bonds. The van der Waals surface area contributed by atoms with Crippen LogP contribution in [0, 0.1) is 5.82 Å². The van der Waals surface area contributed by atoms with Crippen LogP contribution in [0.15, 0.2) is 42.5 Å². The number of hydrogen-bond acceptors (Lipinski definition) is 5. The van der Waals surface area contributed by atoms with E-state index in [-0.39, 0.29) is 12.5 Å². The molecule has 1 N–H and O–H groups in total. The molecule has 0 fully saturated rings. The van der Waals surface area contributed by atoms with Gasteiger partial charge in [0.15, 0.2) is 17.6 Å². The number of para-hydroxylation sites is 1. The van der Waals surface area contributed by atoms with Crippen LogP contribution in [0.4, 0.5) is 10.1 Å². The van der Waals surface area contributed by atoms with Gasteiger partial charge < -0.3 is 19.5 Å². The second kappa shape index (κ2) is 8.09. The summed E-state index contributed by atoms with van der Waals surface area (Å²) in [6.45, 7) is 1.47. The van der Waals surface area contributed by atoms with E-state index in [4.69, 9.17) is 25.8 Å². The van der Waals surface area contributed by atoms with Crippen molar-refractivity contribution in [2.24, 2.45) is 0 Å². The quantitative estimate of drug-likeness (QED) is 0.620. The van der Waals surface area contributed by atoms with E-state index in [0.717, 1.165) is 6.08 Å². The topological polar surface area (TPSA) is 73.9 Å². The number of fused-ring (bicyclic) bond motifs is 1. The van der Waals surface area contributed by atoms with Gasteiger partial charge in [-0.2, -0.15) is 0 Å². The summed E-state index contributed by atoms with van der Waals surface area (Å²) < 4.78 is 29.0. The molecule has 0 radical (unpaired) electrons. The second-order valence-electron chi connectivity index (χ2n) is 5.62. The molecule has 0 saturated carbocycles. The molecule has 0 spiro atoms. The van der Waals surface area contributed by atoms with Gasteiger partial charge in [0, 0.05) is 6.08 Å². The number of hydrogen-bond donors (Lipinski definition) is 1. The van der Waals surface area contributed by atoms with Gasteiger partial charge in [0.05, 0.1) is 10.7 Å². The average Bonchev–Trinajstić information content (AvgIpc) is 3.11. The van der Waals surface area contributed by atoms with Crippen molar-refractivity contribution in [3.8, 4) is 11.5 Å². The van der Waals surface area contributed by atoms with Gasteiger partial charge >= 0.3 is 5.97 Å². The molecular weight excluding hydrogens is 377 g/mol. The molecule has 1 atom stereocenters. The molecule has 0 aliphatic carbocycles. The van der Waals surface area contributed by atoms with Crippen LogP contribution in [0.25, 0.3) is 6.08 Å². The Morgan fingerprint density at radius 3 is 2.85 bits per heavy atom. The first kappa shape index (κ1) is 18.7. The zero-order valence-electron chi connectivity index (χ0n) is 14.2. The number of rotatable bonds is 5. The summed E-state index contributed by atoms with van der Waals surface area (Å²) in [4.78, 5) is 23.9. The normalized spacial score (nSPS) is 13.4. The number of ether oxygens (including phenoxy) is 3. The first-order valence-electron chi connectivity index (χ1n) is 7.97. The van der Waals surface area contributed by atoms with Gasteiger partial charge in [-0.15, -0.1) is 0 Å². The van der Waals surface area contributed by atoms with E-state index in [0.29, 0.717) is 22.1 Å². The zero-order chi connectivity index (χ0) is 19.4. The molecule has 2 aromatic rings. The number of halogens is 2. The van der Waals surface area contributed by atoms with Gasteiger partial charge in [-0.1, -0.05) is 23.7 Å². The van der Waals surface area contributed by atoms with Crippen molar-refractivity contribution in [1.29, 1.82) is 0 Å². The minimum Gasteiger partial charge on any atom is -0.454 e. The van der Waals surface area contributed by atoms with Crippen molar-refractivity contribution < 1.29 is 28.2 Å². The van der Waals surface area contributed by atoms with Crippen LogP contribution < -0.4 is 14.8 Å². The van der Waals surface area contributed by atoms with E-state index in [2.05, 4.69) is 5.32 Å². The van der Waals surface area contributed by atoms with Crippen molar-refractivity contribution >= 4 is 35.2 Å². The number of anilines is 1. The third-order valence-corrected chi connectivity index (χ3v) is 3.94. The summed E-state index contributed by atoms with van der Waals surface area (Å²) in [6, 6.07) is 8.96. The number of amides is 1. The molecule has 8 heteroatoms. The Kier molecular flexibility index (Phi) is 5.61. The predicted octanol–water partition coefficient (Wildman–Crippen LogP) is 3.79. The Bertz CT molecular complexity index is 915. The number of esters is 1. The van der Waals surface area contributed by atoms with Gasteiger partial charge in [-0.05, 0) is 42.8 Å². The lowest BCUT2D eigenvalue weighted by Gasteiger charge is -2.12. The van der Waals surface area contributed by atoms with Crippen LogP contribution >= 0.6 is 11.6 Å². The maximum Gasteiger partial charge on any atom is 0.331 e. The molecule has 6 nitrogen and oxygen atoms in total. The molecule has 0 saturated heterocycles. The predicted molar refractivity (Wildman–Crippen MR) is 97.2 cm³/mol. The fraction of sp³-hybridized carbons (Fsp3) is 0.158. The number of carbonyl (C=O) groups is 2. The maximum atomic E-state index is 13.5. The molecule has 1 aliphatic heterocycles. The molecular formula is C19H15ClFNO5. The zero-order valence-corrected chi connectivity index (χ0v) is 15.0. The molecule has 0 unspecified atom stereocenters. The number of nitrogens with one attached hydrogen (secondary N) is 1. The molecule has 2 aromatic carbocycles. The lowest BCUT2D eigenvalue weighted by Crippen LogP contribution is -2.29. The Morgan fingerprint density at radius 1 is 1.30 bits per heavy atom. The maximum absolute atomic E-state index is 13.5. The Morgan fingerprint density at radius 2 is 2.07 bits per heavy atom. The monoisotopic (exact) mass is 391 g/mol. The summed E-state index contributed by atoms with van der Waals surface area (Å²) >= 11 is 6.07. The molecule has 27 heavy (non-hydrogen) atoms. The van der Waals surface area contributed by atoms with Crippen molar-refractivity contribution in [3.63, 3.8) is 0 Å². The van der Waals surface area contributed by atoms with E-state index in [1.807, 2.05) is 0 Å². The summed E-state index contributed by atoms with van der Waals surface area (Å²) in [5, 5.41) is 2.72. The summed E-state index contributed by atoms with van der Waals surface area (Å²) in [5.74, 6) is -1.03. The van der Waals surface area contributed by atoms with Crippen molar-refractivity contribution in [3.05, 3.63) is 58.9 Å². The van der Waals surface area contributed by atoms with Crippen molar-refractivity contribution in [2.75, 3.05) is 12.1 Å². The molecule has 1 aliphatic rings. The van der Waals surface area contributed by atoms with Crippen molar-refractivity contribution in [2.45, 2.75) is 13.0 Å². The fourth-order valence-electron chi connectivity index (χ4n) is 2.31. The lowest BCUT2D eigenvalue weighted by atomic mass is 10.2. The van der Waals surface area contributed by atoms with E-state index < -0.39 is 23.8 Å².